The molecule has 2 aromatic carbocycles. The number of nitro benzene ring substituents is 1. The number of rotatable bonds is 9. The maximum atomic E-state index is 13.1. The first kappa shape index (κ1) is 24.0. The van der Waals surface area contributed by atoms with Crippen LogP contribution in [0, 0.1) is 10.1 Å². The molecule has 1 aliphatic heterocycles. The number of carbonyl (C=O) groups excluding carboxylic acids is 2. The molecule has 11 nitrogen and oxygen atoms in total. The highest BCUT2D eigenvalue weighted by atomic mass is 16.6. The smallest absolute Gasteiger partial charge is 0.286 e. The fourth-order valence-corrected chi connectivity index (χ4v) is 3.29. The molecular formula is C22H25N3O8. The van der Waals surface area contributed by atoms with Gasteiger partial charge < -0.3 is 29.2 Å². The van der Waals surface area contributed by atoms with Crippen molar-refractivity contribution < 1.29 is 33.5 Å². The fourth-order valence-electron chi connectivity index (χ4n) is 3.29. The third-order valence-electron chi connectivity index (χ3n) is 4.97. The van der Waals surface area contributed by atoms with Gasteiger partial charge in [-0.2, -0.15) is 0 Å². The lowest BCUT2D eigenvalue weighted by Gasteiger charge is -2.27. The number of amides is 2. The lowest BCUT2D eigenvalue weighted by atomic mass is 10.1. The highest BCUT2D eigenvalue weighted by molar-refractivity contribution is 6.11. The van der Waals surface area contributed by atoms with Gasteiger partial charge in [0.2, 0.25) is 0 Å². The van der Waals surface area contributed by atoms with Crippen LogP contribution in [0.5, 0.6) is 11.5 Å². The topological polar surface area (TPSA) is 129 Å². The third-order valence-corrected chi connectivity index (χ3v) is 4.97. The summed E-state index contributed by atoms with van der Waals surface area (Å²) < 4.78 is 20.9. The largest absolute Gasteiger partial charge is 0.493 e. The fraction of sp³-hybridized carbons (Fsp3) is 0.364. The van der Waals surface area contributed by atoms with Gasteiger partial charge in [0.15, 0.2) is 11.5 Å². The molecular weight excluding hydrogens is 434 g/mol. The normalized spacial score (nSPS) is 13.3. The van der Waals surface area contributed by atoms with Gasteiger partial charge in [0, 0.05) is 26.3 Å². The molecule has 1 heterocycles. The molecule has 1 aliphatic rings. The van der Waals surface area contributed by atoms with E-state index >= 15 is 0 Å². The number of benzene rings is 2. The molecule has 2 aromatic rings. The number of methoxy groups -OCH3 is 2. The van der Waals surface area contributed by atoms with Gasteiger partial charge in [-0.1, -0.05) is 12.1 Å². The molecule has 0 aromatic heterocycles. The zero-order valence-electron chi connectivity index (χ0n) is 18.4. The molecule has 11 heteroatoms. The Labute approximate surface area is 190 Å². The van der Waals surface area contributed by atoms with Gasteiger partial charge in [0.25, 0.3) is 17.5 Å². The van der Waals surface area contributed by atoms with Crippen molar-refractivity contribution in [3.05, 3.63) is 57.6 Å². The molecule has 2 amide bonds. The van der Waals surface area contributed by atoms with E-state index in [2.05, 4.69) is 5.32 Å². The molecule has 0 atom stereocenters. The summed E-state index contributed by atoms with van der Waals surface area (Å²) in [5.74, 6) is -0.755. The minimum Gasteiger partial charge on any atom is -0.493 e. The summed E-state index contributed by atoms with van der Waals surface area (Å²) in [4.78, 5) is 38.6. The summed E-state index contributed by atoms with van der Waals surface area (Å²) in [6.45, 7) is 2.17. The Morgan fingerprint density at radius 2 is 1.82 bits per heavy atom. The van der Waals surface area contributed by atoms with Crippen LogP contribution < -0.4 is 14.8 Å². The first-order chi connectivity index (χ1) is 16.0. The van der Waals surface area contributed by atoms with E-state index in [-0.39, 0.29) is 47.4 Å². The van der Waals surface area contributed by atoms with Crippen LogP contribution in [-0.4, -0.2) is 75.4 Å². The zero-order valence-corrected chi connectivity index (χ0v) is 18.4. The summed E-state index contributed by atoms with van der Waals surface area (Å²) in [6, 6.07) is 8.87. The second-order valence-corrected chi connectivity index (χ2v) is 7.02. The SMILES string of the molecule is COCCOc1cc([N+](=O)[O-])c(C(=O)Nc2ccccc2C(=O)N2CCOCC2)cc1OC. The molecule has 33 heavy (non-hydrogen) atoms. The molecule has 0 spiro atoms. The molecule has 0 radical (unpaired) electrons. The summed E-state index contributed by atoms with van der Waals surface area (Å²) in [6.07, 6.45) is 0. The van der Waals surface area contributed by atoms with E-state index in [0.717, 1.165) is 6.07 Å². The van der Waals surface area contributed by atoms with Crippen LogP contribution in [0.1, 0.15) is 20.7 Å². The van der Waals surface area contributed by atoms with Crippen molar-refractivity contribution in [2.75, 3.05) is 59.1 Å². The number of nitrogens with zero attached hydrogens (tertiary/aromatic N) is 2. The van der Waals surface area contributed by atoms with Crippen LogP contribution in [0.4, 0.5) is 11.4 Å². The maximum Gasteiger partial charge on any atom is 0.286 e. The summed E-state index contributed by atoms with van der Waals surface area (Å²) >= 11 is 0. The average Bonchev–Trinajstić information content (AvgIpc) is 2.84. The highest BCUT2D eigenvalue weighted by Crippen LogP contribution is 2.35. The van der Waals surface area contributed by atoms with Crippen molar-refractivity contribution in [3.63, 3.8) is 0 Å². The van der Waals surface area contributed by atoms with Gasteiger partial charge in [-0.05, 0) is 12.1 Å². The predicted molar refractivity (Wildman–Crippen MR) is 118 cm³/mol. The lowest BCUT2D eigenvalue weighted by Crippen LogP contribution is -2.41. The quantitative estimate of drug-likeness (QED) is 0.344. The number of para-hydroxylation sites is 1. The number of ether oxygens (including phenoxy) is 4. The van der Waals surface area contributed by atoms with Crippen molar-refractivity contribution in [2.45, 2.75) is 0 Å². The van der Waals surface area contributed by atoms with E-state index in [1.807, 2.05) is 0 Å². The van der Waals surface area contributed by atoms with E-state index in [9.17, 15) is 19.7 Å². The Bertz CT molecular complexity index is 1020. The molecule has 0 saturated carbocycles. The lowest BCUT2D eigenvalue weighted by molar-refractivity contribution is -0.385. The Balaban J connectivity index is 1.90. The third kappa shape index (κ3) is 5.76. The van der Waals surface area contributed by atoms with Gasteiger partial charge >= 0.3 is 0 Å². The second kappa shape index (κ2) is 11.2. The summed E-state index contributed by atoms with van der Waals surface area (Å²) in [5, 5.41) is 14.3. The Kier molecular flexibility index (Phi) is 8.17. The van der Waals surface area contributed by atoms with E-state index in [0.29, 0.717) is 26.3 Å². The van der Waals surface area contributed by atoms with Crippen molar-refractivity contribution >= 4 is 23.2 Å². The molecule has 1 fully saturated rings. The minimum atomic E-state index is -0.759. The molecule has 176 valence electrons. The monoisotopic (exact) mass is 459 g/mol. The van der Waals surface area contributed by atoms with Crippen molar-refractivity contribution in [2.24, 2.45) is 0 Å². The van der Waals surface area contributed by atoms with Crippen molar-refractivity contribution in [1.82, 2.24) is 4.90 Å². The van der Waals surface area contributed by atoms with Gasteiger partial charge in [-0.3, -0.25) is 19.7 Å². The molecule has 0 unspecified atom stereocenters. The summed E-state index contributed by atoms with van der Waals surface area (Å²) in [5.41, 5.74) is -0.170. The van der Waals surface area contributed by atoms with Crippen LogP contribution >= 0.6 is 0 Å². The number of hydrogen-bond acceptors (Lipinski definition) is 8. The molecule has 0 bridgehead atoms. The zero-order chi connectivity index (χ0) is 23.8. The van der Waals surface area contributed by atoms with Gasteiger partial charge in [-0.25, -0.2) is 0 Å². The summed E-state index contributed by atoms with van der Waals surface area (Å²) in [7, 11) is 2.86. The molecule has 1 saturated heterocycles. The number of hydrogen-bond donors (Lipinski definition) is 1. The van der Waals surface area contributed by atoms with Crippen molar-refractivity contribution in [3.8, 4) is 11.5 Å². The van der Waals surface area contributed by atoms with Gasteiger partial charge in [0.1, 0.15) is 12.2 Å². The van der Waals surface area contributed by atoms with Gasteiger partial charge in [-0.15, -0.1) is 0 Å². The number of morpholine rings is 1. The number of carbonyl (C=O) groups is 2. The van der Waals surface area contributed by atoms with Crippen molar-refractivity contribution in [1.29, 1.82) is 0 Å². The Hall–Kier alpha value is -3.70. The number of anilines is 1. The Morgan fingerprint density at radius 3 is 2.48 bits per heavy atom. The van der Waals surface area contributed by atoms with Crippen LogP contribution in [-0.2, 0) is 9.47 Å². The standard InChI is InChI=1S/C22H25N3O8/c1-30-11-12-33-20-14-18(25(28)29)16(13-19(20)31-2)21(26)23-17-6-4-3-5-15(17)22(27)24-7-9-32-10-8-24/h3-6,13-14H,7-12H2,1-2H3,(H,23,26). The minimum absolute atomic E-state index is 0.112. The Morgan fingerprint density at radius 1 is 1.09 bits per heavy atom. The molecule has 3 rings (SSSR count). The second-order valence-electron chi connectivity index (χ2n) is 7.02. The molecule has 1 N–H and O–H groups in total. The number of nitro groups is 1. The first-order valence-corrected chi connectivity index (χ1v) is 10.2. The maximum absolute atomic E-state index is 13.1. The average molecular weight is 459 g/mol. The van der Waals surface area contributed by atoms with E-state index in [1.54, 1.807) is 29.2 Å². The first-order valence-electron chi connectivity index (χ1n) is 10.2. The van der Waals surface area contributed by atoms with Crippen LogP contribution in [0.3, 0.4) is 0 Å². The van der Waals surface area contributed by atoms with Gasteiger partial charge in [0.05, 0.1) is 49.2 Å². The molecule has 0 aliphatic carbocycles. The van der Waals surface area contributed by atoms with E-state index in [4.69, 9.17) is 18.9 Å². The van der Waals surface area contributed by atoms with Crippen LogP contribution in [0.2, 0.25) is 0 Å². The predicted octanol–water partition coefficient (Wildman–Crippen LogP) is 2.35. The van der Waals surface area contributed by atoms with E-state index in [1.165, 1.54) is 20.3 Å². The highest BCUT2D eigenvalue weighted by Gasteiger charge is 2.27. The number of nitrogens with one attached hydrogen (secondary N) is 1. The van der Waals surface area contributed by atoms with Crippen LogP contribution in [0.15, 0.2) is 36.4 Å². The van der Waals surface area contributed by atoms with Crippen LogP contribution in [0.25, 0.3) is 0 Å². The van der Waals surface area contributed by atoms with E-state index < -0.39 is 16.5 Å².